The van der Waals surface area contributed by atoms with Crippen LogP contribution in [-0.4, -0.2) is 11.6 Å². The van der Waals surface area contributed by atoms with Gasteiger partial charge in [-0.2, -0.15) is 0 Å². The maximum atomic E-state index is 14.0. The first kappa shape index (κ1) is 26.0. The van der Waals surface area contributed by atoms with E-state index in [4.69, 9.17) is 0 Å². The number of anilines is 3. The average molecular weight is 540 g/mol. The highest BCUT2D eigenvalue weighted by Gasteiger charge is 2.33. The zero-order valence-corrected chi connectivity index (χ0v) is 23.6. The molecule has 206 valence electrons. The Kier molecular flexibility index (Phi) is 7.04. The number of nitrogens with zero attached hydrogens (tertiary/aromatic N) is 1. The van der Waals surface area contributed by atoms with E-state index < -0.39 is 0 Å². The maximum absolute atomic E-state index is 14.0. The van der Waals surface area contributed by atoms with Crippen molar-refractivity contribution in [2.75, 3.05) is 4.90 Å². The quantitative estimate of drug-likeness (QED) is 0.223. The minimum atomic E-state index is -0.0894. The van der Waals surface area contributed by atoms with Crippen molar-refractivity contribution in [1.82, 2.24) is 0 Å². The van der Waals surface area contributed by atoms with Gasteiger partial charge in [0.15, 0.2) is 11.6 Å². The molecule has 0 amide bonds. The largest absolute Gasteiger partial charge is 0.310 e. The van der Waals surface area contributed by atoms with Gasteiger partial charge in [-0.3, -0.25) is 9.59 Å². The molecule has 3 aliphatic carbocycles. The minimum Gasteiger partial charge on any atom is -0.310 e. The van der Waals surface area contributed by atoms with Crippen molar-refractivity contribution in [3.63, 3.8) is 0 Å². The summed E-state index contributed by atoms with van der Waals surface area (Å²) in [5, 5.41) is 0. The van der Waals surface area contributed by atoms with Gasteiger partial charge in [0.1, 0.15) is 0 Å². The number of fused-ring (bicyclic) bond motifs is 2. The topological polar surface area (TPSA) is 37.4 Å². The van der Waals surface area contributed by atoms with Gasteiger partial charge >= 0.3 is 0 Å². The third-order valence-electron chi connectivity index (χ3n) is 9.63. The SMILES string of the molecule is O=C1c2ccccc2C(=O)c2c1cccc2N(c1ccc(C2CCCCC2)cc1)c1ccc(C2CCCCC2)cc1. The molecule has 0 heterocycles. The molecule has 0 N–H and O–H groups in total. The lowest BCUT2D eigenvalue weighted by molar-refractivity contribution is 0.0979. The van der Waals surface area contributed by atoms with Gasteiger partial charge in [-0.05, 0) is 79.0 Å². The first-order valence-electron chi connectivity index (χ1n) is 15.5. The standard InChI is InChI=1S/C38H37NO2/c40-37-32-14-7-8-15-33(32)38(41)36-34(37)16-9-17-35(36)39(30-22-18-28(19-23-30)26-10-3-1-4-11-26)31-24-20-29(21-25-31)27-12-5-2-6-13-27/h7-9,14-27H,1-6,10-13H2. The van der Waals surface area contributed by atoms with Crippen LogP contribution in [0.1, 0.15) is 119 Å². The molecule has 2 saturated carbocycles. The van der Waals surface area contributed by atoms with Gasteiger partial charge < -0.3 is 4.90 Å². The lowest BCUT2D eigenvalue weighted by Gasteiger charge is -2.31. The average Bonchev–Trinajstić information content (AvgIpc) is 3.05. The van der Waals surface area contributed by atoms with E-state index in [2.05, 4.69) is 53.4 Å². The lowest BCUT2D eigenvalue weighted by Crippen LogP contribution is -2.24. The summed E-state index contributed by atoms with van der Waals surface area (Å²) in [6, 6.07) is 30.8. The minimum absolute atomic E-state index is 0.0858. The summed E-state index contributed by atoms with van der Waals surface area (Å²) >= 11 is 0. The molecule has 2 fully saturated rings. The normalized spacial score (nSPS) is 17.7. The van der Waals surface area contributed by atoms with Crippen molar-refractivity contribution in [2.45, 2.75) is 76.0 Å². The third-order valence-corrected chi connectivity index (χ3v) is 9.63. The fourth-order valence-electron chi connectivity index (χ4n) is 7.40. The summed E-state index contributed by atoms with van der Waals surface area (Å²) in [5.41, 5.74) is 7.50. The molecule has 7 rings (SSSR count). The molecule has 0 aromatic heterocycles. The van der Waals surface area contributed by atoms with Crippen LogP contribution in [0.4, 0.5) is 17.1 Å². The Morgan fingerprint density at radius 2 is 0.927 bits per heavy atom. The van der Waals surface area contributed by atoms with Crippen LogP contribution in [0.5, 0.6) is 0 Å². The predicted molar refractivity (Wildman–Crippen MR) is 166 cm³/mol. The van der Waals surface area contributed by atoms with Crippen molar-refractivity contribution in [3.8, 4) is 0 Å². The van der Waals surface area contributed by atoms with Gasteiger partial charge in [0.2, 0.25) is 0 Å². The van der Waals surface area contributed by atoms with Crippen molar-refractivity contribution in [2.24, 2.45) is 0 Å². The van der Waals surface area contributed by atoms with Crippen LogP contribution in [-0.2, 0) is 0 Å². The van der Waals surface area contributed by atoms with E-state index in [-0.39, 0.29) is 11.6 Å². The molecule has 3 aliphatic rings. The molecule has 4 aromatic rings. The summed E-state index contributed by atoms with van der Waals surface area (Å²) in [6.07, 6.45) is 12.9. The highest BCUT2D eigenvalue weighted by molar-refractivity contribution is 6.30. The number of rotatable bonds is 5. The van der Waals surface area contributed by atoms with E-state index in [1.54, 1.807) is 18.2 Å². The molecule has 0 saturated heterocycles. The van der Waals surface area contributed by atoms with Crippen molar-refractivity contribution < 1.29 is 9.59 Å². The molecule has 0 aliphatic heterocycles. The monoisotopic (exact) mass is 539 g/mol. The number of hydrogen-bond donors (Lipinski definition) is 0. The number of ketones is 2. The van der Waals surface area contributed by atoms with E-state index >= 15 is 0 Å². The van der Waals surface area contributed by atoms with E-state index in [0.717, 1.165) is 17.1 Å². The van der Waals surface area contributed by atoms with Gasteiger partial charge in [0.05, 0.1) is 11.3 Å². The number of carbonyl (C=O) groups is 2. The third kappa shape index (κ3) is 4.82. The van der Waals surface area contributed by atoms with Gasteiger partial charge in [-0.1, -0.05) is 99.2 Å². The molecule has 0 radical (unpaired) electrons. The summed E-state index contributed by atoms with van der Waals surface area (Å²) in [5.74, 6) is 1.08. The van der Waals surface area contributed by atoms with Crippen LogP contribution in [0.25, 0.3) is 0 Å². The second-order valence-electron chi connectivity index (χ2n) is 12.1. The molecular weight excluding hydrogens is 502 g/mol. The fraction of sp³-hybridized carbons (Fsp3) is 0.316. The van der Waals surface area contributed by atoms with Crippen LogP contribution >= 0.6 is 0 Å². The van der Waals surface area contributed by atoms with Gasteiger partial charge in [0.25, 0.3) is 0 Å². The molecule has 0 bridgehead atoms. The molecular formula is C38H37NO2. The molecule has 0 atom stereocenters. The number of carbonyl (C=O) groups excluding carboxylic acids is 2. The molecule has 41 heavy (non-hydrogen) atoms. The Labute approximate surface area is 243 Å². The molecule has 0 unspecified atom stereocenters. The molecule has 0 spiro atoms. The van der Waals surface area contributed by atoms with E-state index in [0.29, 0.717) is 34.1 Å². The fourth-order valence-corrected chi connectivity index (χ4v) is 7.40. The van der Waals surface area contributed by atoms with Gasteiger partial charge in [-0.15, -0.1) is 0 Å². The zero-order chi connectivity index (χ0) is 27.8. The first-order valence-corrected chi connectivity index (χ1v) is 15.5. The van der Waals surface area contributed by atoms with E-state index in [1.807, 2.05) is 24.3 Å². The van der Waals surface area contributed by atoms with E-state index in [9.17, 15) is 9.59 Å². The van der Waals surface area contributed by atoms with Crippen LogP contribution in [0.3, 0.4) is 0 Å². The summed E-state index contributed by atoms with van der Waals surface area (Å²) in [6.45, 7) is 0. The Balaban J connectivity index is 1.33. The highest BCUT2D eigenvalue weighted by Crippen LogP contribution is 2.43. The second kappa shape index (κ2) is 11.1. The van der Waals surface area contributed by atoms with Crippen LogP contribution in [0.2, 0.25) is 0 Å². The second-order valence-corrected chi connectivity index (χ2v) is 12.1. The van der Waals surface area contributed by atoms with Crippen LogP contribution < -0.4 is 4.90 Å². The first-order chi connectivity index (χ1) is 20.2. The zero-order valence-electron chi connectivity index (χ0n) is 23.6. The Hall–Kier alpha value is -3.98. The van der Waals surface area contributed by atoms with Crippen LogP contribution in [0.15, 0.2) is 91.0 Å². The number of hydrogen-bond acceptors (Lipinski definition) is 3. The molecule has 4 aromatic carbocycles. The molecule has 3 nitrogen and oxygen atoms in total. The van der Waals surface area contributed by atoms with Gasteiger partial charge in [-0.25, -0.2) is 0 Å². The van der Waals surface area contributed by atoms with Crippen LogP contribution in [0, 0.1) is 0 Å². The summed E-state index contributed by atoms with van der Waals surface area (Å²) in [4.78, 5) is 29.7. The predicted octanol–water partition coefficient (Wildman–Crippen LogP) is 10.0. The van der Waals surface area contributed by atoms with Crippen molar-refractivity contribution in [1.29, 1.82) is 0 Å². The number of benzene rings is 4. The van der Waals surface area contributed by atoms with Gasteiger partial charge in [0, 0.05) is 28.1 Å². The lowest BCUT2D eigenvalue weighted by atomic mass is 9.82. The van der Waals surface area contributed by atoms with Crippen molar-refractivity contribution in [3.05, 3.63) is 124 Å². The smallest absolute Gasteiger partial charge is 0.196 e. The Bertz CT molecular complexity index is 1510. The summed E-state index contributed by atoms with van der Waals surface area (Å²) < 4.78 is 0. The highest BCUT2D eigenvalue weighted by atomic mass is 16.1. The Morgan fingerprint density at radius 3 is 1.44 bits per heavy atom. The molecule has 3 heteroatoms. The summed E-state index contributed by atoms with van der Waals surface area (Å²) in [7, 11) is 0. The maximum Gasteiger partial charge on any atom is 0.196 e. The Morgan fingerprint density at radius 1 is 0.463 bits per heavy atom. The van der Waals surface area contributed by atoms with E-state index in [1.165, 1.54) is 75.3 Å². The van der Waals surface area contributed by atoms with Crippen molar-refractivity contribution >= 4 is 28.6 Å².